The minimum absolute atomic E-state index is 0.166. The SMILES string of the molecule is CC(COc1ccccc1)NCCC(=O)c1ccccc1. The monoisotopic (exact) mass is 283 g/mol. The molecule has 0 saturated carbocycles. The number of hydrogen-bond acceptors (Lipinski definition) is 3. The van der Waals surface area contributed by atoms with Gasteiger partial charge in [-0.05, 0) is 19.1 Å². The predicted octanol–water partition coefficient (Wildman–Crippen LogP) is 3.32. The Morgan fingerprint density at radius 1 is 1.05 bits per heavy atom. The van der Waals surface area contributed by atoms with Crippen LogP contribution in [-0.4, -0.2) is 25.0 Å². The van der Waals surface area contributed by atoms with Crippen molar-refractivity contribution in [3.63, 3.8) is 0 Å². The highest BCUT2D eigenvalue weighted by Gasteiger charge is 2.07. The van der Waals surface area contributed by atoms with Crippen molar-refractivity contribution in [2.45, 2.75) is 19.4 Å². The van der Waals surface area contributed by atoms with Crippen LogP contribution in [0.1, 0.15) is 23.7 Å². The van der Waals surface area contributed by atoms with Crippen LogP contribution in [0.4, 0.5) is 0 Å². The van der Waals surface area contributed by atoms with Gasteiger partial charge < -0.3 is 10.1 Å². The highest BCUT2D eigenvalue weighted by atomic mass is 16.5. The molecule has 0 heterocycles. The number of para-hydroxylation sites is 1. The van der Waals surface area contributed by atoms with Crippen LogP contribution in [0.15, 0.2) is 60.7 Å². The minimum atomic E-state index is 0.166. The van der Waals surface area contributed by atoms with Gasteiger partial charge in [-0.1, -0.05) is 48.5 Å². The van der Waals surface area contributed by atoms with E-state index in [2.05, 4.69) is 12.2 Å². The fraction of sp³-hybridized carbons (Fsp3) is 0.278. The van der Waals surface area contributed by atoms with Crippen molar-refractivity contribution in [2.75, 3.05) is 13.2 Å². The number of ether oxygens (including phenoxy) is 1. The Morgan fingerprint density at radius 2 is 1.67 bits per heavy atom. The van der Waals surface area contributed by atoms with Gasteiger partial charge in [0.2, 0.25) is 0 Å². The van der Waals surface area contributed by atoms with E-state index in [4.69, 9.17) is 4.74 Å². The van der Waals surface area contributed by atoms with Crippen LogP contribution in [-0.2, 0) is 0 Å². The largest absolute Gasteiger partial charge is 0.492 e. The highest BCUT2D eigenvalue weighted by Crippen LogP contribution is 2.08. The fourth-order valence-corrected chi connectivity index (χ4v) is 2.00. The summed E-state index contributed by atoms with van der Waals surface area (Å²) in [6.07, 6.45) is 0.500. The first kappa shape index (κ1) is 15.3. The maximum absolute atomic E-state index is 11.9. The summed E-state index contributed by atoms with van der Waals surface area (Å²) in [7, 11) is 0. The van der Waals surface area contributed by atoms with Crippen LogP contribution in [0.3, 0.4) is 0 Å². The standard InChI is InChI=1S/C18H21NO2/c1-15(14-21-17-10-6-3-7-11-17)19-13-12-18(20)16-8-4-2-5-9-16/h2-11,15,19H,12-14H2,1H3. The van der Waals surface area contributed by atoms with Crippen molar-refractivity contribution >= 4 is 5.78 Å². The van der Waals surface area contributed by atoms with Crippen LogP contribution in [0.2, 0.25) is 0 Å². The van der Waals surface area contributed by atoms with Crippen molar-refractivity contribution in [2.24, 2.45) is 0 Å². The van der Waals surface area contributed by atoms with Gasteiger partial charge in [0.05, 0.1) is 0 Å². The molecule has 0 aliphatic carbocycles. The van der Waals surface area contributed by atoms with Gasteiger partial charge in [-0.3, -0.25) is 4.79 Å². The molecule has 2 aromatic carbocycles. The number of carbonyl (C=O) groups is 1. The lowest BCUT2D eigenvalue weighted by molar-refractivity contribution is 0.0981. The van der Waals surface area contributed by atoms with E-state index in [9.17, 15) is 4.79 Å². The number of Topliss-reactive ketones (excluding diaryl/α,β-unsaturated/α-hetero) is 1. The van der Waals surface area contributed by atoms with E-state index >= 15 is 0 Å². The lowest BCUT2D eigenvalue weighted by Crippen LogP contribution is -2.33. The molecule has 3 nitrogen and oxygen atoms in total. The van der Waals surface area contributed by atoms with E-state index in [1.54, 1.807) is 0 Å². The highest BCUT2D eigenvalue weighted by molar-refractivity contribution is 5.96. The normalized spacial score (nSPS) is 11.9. The van der Waals surface area contributed by atoms with Crippen LogP contribution in [0.25, 0.3) is 0 Å². The Morgan fingerprint density at radius 3 is 2.33 bits per heavy atom. The van der Waals surface area contributed by atoms with E-state index in [1.807, 2.05) is 60.7 Å². The Bertz CT molecular complexity index is 540. The molecule has 1 atom stereocenters. The zero-order chi connectivity index (χ0) is 14.9. The molecule has 0 aromatic heterocycles. The molecule has 0 aliphatic rings. The molecule has 110 valence electrons. The number of carbonyl (C=O) groups excluding carboxylic acids is 1. The number of ketones is 1. The Labute approximate surface area is 126 Å². The number of rotatable bonds is 8. The van der Waals surface area contributed by atoms with Gasteiger partial charge >= 0.3 is 0 Å². The second kappa shape index (κ2) is 8.22. The summed E-state index contributed by atoms with van der Waals surface area (Å²) in [5, 5.41) is 3.31. The second-order valence-corrected chi connectivity index (χ2v) is 5.02. The van der Waals surface area contributed by atoms with Crippen molar-refractivity contribution in [3.05, 3.63) is 66.2 Å². The van der Waals surface area contributed by atoms with Crippen LogP contribution in [0, 0.1) is 0 Å². The first-order chi connectivity index (χ1) is 10.3. The second-order valence-electron chi connectivity index (χ2n) is 5.02. The molecule has 0 bridgehead atoms. The summed E-state index contributed by atoms with van der Waals surface area (Å²) >= 11 is 0. The number of nitrogens with one attached hydrogen (secondary N) is 1. The summed E-state index contributed by atoms with van der Waals surface area (Å²) in [5.41, 5.74) is 0.771. The van der Waals surface area contributed by atoms with Gasteiger partial charge in [0.15, 0.2) is 5.78 Å². The lowest BCUT2D eigenvalue weighted by Gasteiger charge is -2.14. The average molecular weight is 283 g/mol. The molecule has 0 aliphatic heterocycles. The molecule has 0 radical (unpaired) electrons. The summed E-state index contributed by atoms with van der Waals surface area (Å²) in [6, 6.07) is 19.3. The van der Waals surface area contributed by atoms with Crippen LogP contribution < -0.4 is 10.1 Å². The van der Waals surface area contributed by atoms with Crippen molar-refractivity contribution < 1.29 is 9.53 Å². The molecule has 1 unspecified atom stereocenters. The zero-order valence-electron chi connectivity index (χ0n) is 12.3. The maximum Gasteiger partial charge on any atom is 0.164 e. The average Bonchev–Trinajstić information content (AvgIpc) is 2.54. The Kier molecular flexibility index (Phi) is 5.98. The fourth-order valence-electron chi connectivity index (χ4n) is 2.00. The molecule has 0 amide bonds. The summed E-state index contributed by atoms with van der Waals surface area (Å²) in [6.45, 7) is 3.30. The third kappa shape index (κ3) is 5.40. The summed E-state index contributed by atoms with van der Waals surface area (Å²) in [4.78, 5) is 11.9. The van der Waals surface area contributed by atoms with E-state index < -0.39 is 0 Å². The molecule has 2 rings (SSSR count). The summed E-state index contributed by atoms with van der Waals surface area (Å²) in [5.74, 6) is 1.03. The third-order valence-corrected chi connectivity index (χ3v) is 3.18. The van der Waals surface area contributed by atoms with Gasteiger partial charge in [0, 0.05) is 24.6 Å². The number of benzene rings is 2. The molecular weight excluding hydrogens is 262 g/mol. The van der Waals surface area contributed by atoms with Crippen LogP contribution >= 0.6 is 0 Å². The van der Waals surface area contributed by atoms with E-state index in [1.165, 1.54) is 0 Å². The molecule has 3 heteroatoms. The van der Waals surface area contributed by atoms with Gasteiger partial charge in [0.25, 0.3) is 0 Å². The predicted molar refractivity (Wildman–Crippen MR) is 84.8 cm³/mol. The molecule has 0 fully saturated rings. The topological polar surface area (TPSA) is 38.3 Å². The molecular formula is C18H21NO2. The smallest absolute Gasteiger partial charge is 0.164 e. The molecule has 1 N–H and O–H groups in total. The maximum atomic E-state index is 11.9. The van der Waals surface area contributed by atoms with E-state index in [0.29, 0.717) is 19.6 Å². The lowest BCUT2D eigenvalue weighted by atomic mass is 10.1. The molecule has 0 saturated heterocycles. The van der Waals surface area contributed by atoms with Crippen LogP contribution in [0.5, 0.6) is 5.75 Å². The quantitative estimate of drug-likeness (QED) is 0.755. The zero-order valence-corrected chi connectivity index (χ0v) is 12.3. The minimum Gasteiger partial charge on any atom is -0.492 e. The third-order valence-electron chi connectivity index (χ3n) is 3.18. The molecule has 21 heavy (non-hydrogen) atoms. The first-order valence-corrected chi connectivity index (χ1v) is 7.25. The van der Waals surface area contributed by atoms with Gasteiger partial charge in [-0.2, -0.15) is 0 Å². The van der Waals surface area contributed by atoms with Gasteiger partial charge in [0.1, 0.15) is 12.4 Å². The van der Waals surface area contributed by atoms with Crippen molar-refractivity contribution in [1.82, 2.24) is 5.32 Å². The number of hydrogen-bond donors (Lipinski definition) is 1. The molecule has 2 aromatic rings. The Balaban J connectivity index is 1.65. The molecule has 0 spiro atoms. The van der Waals surface area contributed by atoms with E-state index in [-0.39, 0.29) is 11.8 Å². The van der Waals surface area contributed by atoms with Gasteiger partial charge in [-0.25, -0.2) is 0 Å². The Hall–Kier alpha value is -2.13. The van der Waals surface area contributed by atoms with Crippen molar-refractivity contribution in [3.8, 4) is 5.75 Å². The van der Waals surface area contributed by atoms with E-state index in [0.717, 1.165) is 11.3 Å². The van der Waals surface area contributed by atoms with Gasteiger partial charge in [-0.15, -0.1) is 0 Å². The first-order valence-electron chi connectivity index (χ1n) is 7.25. The summed E-state index contributed by atoms with van der Waals surface area (Å²) < 4.78 is 5.66. The van der Waals surface area contributed by atoms with Crippen molar-refractivity contribution in [1.29, 1.82) is 0 Å².